The highest BCUT2D eigenvalue weighted by molar-refractivity contribution is 6.30. The number of hydrogen-bond acceptors (Lipinski definition) is 4. The number of aryl methyl sites for hydroxylation is 1. The molecule has 1 heterocycles. The fourth-order valence-electron chi connectivity index (χ4n) is 2.34. The van der Waals surface area contributed by atoms with Gasteiger partial charge in [-0.05, 0) is 44.9 Å². The van der Waals surface area contributed by atoms with E-state index in [0.29, 0.717) is 0 Å². The predicted octanol–water partition coefficient (Wildman–Crippen LogP) is 3.94. The SMILES string of the molecule is CCN(CC)c1cc(NCCc2ccc(Cl)cc2)nc(C)n1. The van der Waals surface area contributed by atoms with Crippen LogP contribution in [0.3, 0.4) is 0 Å². The van der Waals surface area contributed by atoms with Crippen LogP contribution in [0.4, 0.5) is 11.6 Å². The topological polar surface area (TPSA) is 41.0 Å². The Morgan fingerprint density at radius 3 is 2.41 bits per heavy atom. The molecule has 1 aromatic carbocycles. The van der Waals surface area contributed by atoms with E-state index in [-0.39, 0.29) is 0 Å². The second-order valence-electron chi connectivity index (χ2n) is 5.13. The number of benzene rings is 1. The van der Waals surface area contributed by atoms with Crippen LogP contribution in [-0.2, 0) is 6.42 Å². The Morgan fingerprint density at radius 1 is 1.09 bits per heavy atom. The van der Waals surface area contributed by atoms with Gasteiger partial charge >= 0.3 is 0 Å². The summed E-state index contributed by atoms with van der Waals surface area (Å²) in [5.74, 6) is 2.65. The molecule has 118 valence electrons. The van der Waals surface area contributed by atoms with Gasteiger partial charge in [0.15, 0.2) is 0 Å². The van der Waals surface area contributed by atoms with E-state index < -0.39 is 0 Å². The van der Waals surface area contributed by atoms with Crippen LogP contribution in [0.1, 0.15) is 25.2 Å². The maximum absolute atomic E-state index is 5.90. The van der Waals surface area contributed by atoms with Crippen molar-refractivity contribution in [3.8, 4) is 0 Å². The van der Waals surface area contributed by atoms with Gasteiger partial charge < -0.3 is 10.2 Å². The van der Waals surface area contributed by atoms with Gasteiger partial charge in [0.25, 0.3) is 0 Å². The molecule has 0 aliphatic rings. The minimum atomic E-state index is 0.770. The van der Waals surface area contributed by atoms with Crippen LogP contribution >= 0.6 is 11.6 Å². The Bertz CT molecular complexity index is 594. The second kappa shape index (κ2) is 7.99. The summed E-state index contributed by atoms with van der Waals surface area (Å²) in [7, 11) is 0. The third-order valence-corrected chi connectivity index (χ3v) is 3.80. The fourth-order valence-corrected chi connectivity index (χ4v) is 2.46. The molecule has 0 atom stereocenters. The molecule has 0 aliphatic heterocycles. The summed E-state index contributed by atoms with van der Waals surface area (Å²) in [4.78, 5) is 11.2. The van der Waals surface area contributed by atoms with Gasteiger partial charge in [-0.25, -0.2) is 9.97 Å². The molecule has 4 nitrogen and oxygen atoms in total. The first-order valence-electron chi connectivity index (χ1n) is 7.71. The van der Waals surface area contributed by atoms with Gasteiger partial charge in [0.05, 0.1) is 0 Å². The summed E-state index contributed by atoms with van der Waals surface area (Å²) in [5.41, 5.74) is 1.26. The molecule has 0 unspecified atom stereocenters. The van der Waals surface area contributed by atoms with E-state index in [1.165, 1.54) is 5.56 Å². The van der Waals surface area contributed by atoms with Crippen molar-refractivity contribution >= 4 is 23.2 Å². The van der Waals surface area contributed by atoms with E-state index >= 15 is 0 Å². The van der Waals surface area contributed by atoms with Gasteiger partial charge in [0, 0.05) is 30.7 Å². The van der Waals surface area contributed by atoms with Crippen LogP contribution in [0.2, 0.25) is 5.02 Å². The molecule has 5 heteroatoms. The lowest BCUT2D eigenvalue weighted by Crippen LogP contribution is -2.23. The molecule has 2 aromatic rings. The summed E-state index contributed by atoms with van der Waals surface area (Å²) in [6.45, 7) is 8.91. The number of halogens is 1. The van der Waals surface area contributed by atoms with Crippen molar-refractivity contribution in [2.45, 2.75) is 27.2 Å². The van der Waals surface area contributed by atoms with Gasteiger partial charge in [0.1, 0.15) is 17.5 Å². The van der Waals surface area contributed by atoms with Gasteiger partial charge in [-0.3, -0.25) is 0 Å². The quantitative estimate of drug-likeness (QED) is 0.839. The zero-order chi connectivity index (χ0) is 15.9. The first-order chi connectivity index (χ1) is 10.6. The number of nitrogens with one attached hydrogen (secondary N) is 1. The summed E-state index contributed by atoms with van der Waals surface area (Å²) in [6, 6.07) is 9.96. The molecule has 0 aliphatic carbocycles. The summed E-state index contributed by atoms with van der Waals surface area (Å²) >= 11 is 5.90. The first-order valence-corrected chi connectivity index (χ1v) is 8.09. The molecule has 1 aromatic heterocycles. The minimum absolute atomic E-state index is 0.770. The zero-order valence-corrected chi connectivity index (χ0v) is 14.2. The van der Waals surface area contributed by atoms with Gasteiger partial charge in [-0.1, -0.05) is 23.7 Å². The third-order valence-electron chi connectivity index (χ3n) is 3.54. The molecule has 0 saturated heterocycles. The van der Waals surface area contributed by atoms with Crippen molar-refractivity contribution in [3.05, 3.63) is 46.7 Å². The van der Waals surface area contributed by atoms with E-state index in [2.05, 4.69) is 46.2 Å². The molecule has 0 radical (unpaired) electrons. The molecule has 1 N–H and O–H groups in total. The number of nitrogens with zero attached hydrogens (tertiary/aromatic N) is 3. The van der Waals surface area contributed by atoms with E-state index in [1.54, 1.807) is 0 Å². The molecule has 22 heavy (non-hydrogen) atoms. The average molecular weight is 319 g/mol. The highest BCUT2D eigenvalue weighted by atomic mass is 35.5. The Kier molecular flexibility index (Phi) is 6.01. The maximum atomic E-state index is 5.90. The highest BCUT2D eigenvalue weighted by Gasteiger charge is 2.07. The molecular weight excluding hydrogens is 296 g/mol. The predicted molar refractivity (Wildman–Crippen MR) is 94.0 cm³/mol. The average Bonchev–Trinajstić information content (AvgIpc) is 2.50. The first kappa shape index (κ1) is 16.6. The Labute approximate surface area is 137 Å². The second-order valence-corrected chi connectivity index (χ2v) is 5.57. The molecule has 2 rings (SSSR count). The molecule has 0 saturated carbocycles. The maximum Gasteiger partial charge on any atom is 0.134 e. The monoisotopic (exact) mass is 318 g/mol. The minimum Gasteiger partial charge on any atom is -0.370 e. The van der Waals surface area contributed by atoms with Crippen molar-refractivity contribution in [3.63, 3.8) is 0 Å². The van der Waals surface area contributed by atoms with Crippen LogP contribution in [0.5, 0.6) is 0 Å². The smallest absolute Gasteiger partial charge is 0.134 e. The Balaban J connectivity index is 1.98. The normalized spacial score (nSPS) is 10.5. The van der Waals surface area contributed by atoms with Crippen molar-refractivity contribution in [2.75, 3.05) is 29.9 Å². The van der Waals surface area contributed by atoms with E-state index in [9.17, 15) is 0 Å². The number of hydrogen-bond donors (Lipinski definition) is 1. The molecule has 0 bridgehead atoms. The number of anilines is 2. The van der Waals surface area contributed by atoms with Gasteiger partial charge in [-0.15, -0.1) is 0 Å². The van der Waals surface area contributed by atoms with Crippen LogP contribution in [0, 0.1) is 6.92 Å². The van der Waals surface area contributed by atoms with Crippen LogP contribution in [-0.4, -0.2) is 29.6 Å². The lowest BCUT2D eigenvalue weighted by atomic mass is 10.1. The van der Waals surface area contributed by atoms with Crippen molar-refractivity contribution in [2.24, 2.45) is 0 Å². The Hall–Kier alpha value is -1.81. The van der Waals surface area contributed by atoms with Crippen LogP contribution < -0.4 is 10.2 Å². The van der Waals surface area contributed by atoms with Crippen LogP contribution in [0.15, 0.2) is 30.3 Å². The number of aromatic nitrogens is 2. The molecule has 0 spiro atoms. The Morgan fingerprint density at radius 2 is 1.77 bits per heavy atom. The summed E-state index contributed by atoms with van der Waals surface area (Å²) < 4.78 is 0. The molecule has 0 amide bonds. The third kappa shape index (κ3) is 4.60. The summed E-state index contributed by atoms with van der Waals surface area (Å²) in [5, 5.41) is 4.15. The van der Waals surface area contributed by atoms with Crippen molar-refractivity contribution in [1.29, 1.82) is 0 Å². The van der Waals surface area contributed by atoms with E-state index in [0.717, 1.165) is 48.5 Å². The van der Waals surface area contributed by atoms with E-state index in [1.807, 2.05) is 25.1 Å². The molecule has 0 fully saturated rings. The van der Waals surface area contributed by atoms with E-state index in [4.69, 9.17) is 11.6 Å². The summed E-state index contributed by atoms with van der Waals surface area (Å²) in [6.07, 6.45) is 0.931. The fraction of sp³-hybridized carbons (Fsp3) is 0.412. The lowest BCUT2D eigenvalue weighted by Gasteiger charge is -2.20. The largest absolute Gasteiger partial charge is 0.370 e. The zero-order valence-electron chi connectivity index (χ0n) is 13.4. The lowest BCUT2D eigenvalue weighted by molar-refractivity contribution is 0.833. The standard InChI is InChI=1S/C17H23ClN4/c1-4-22(5-2)17-12-16(20-13(3)21-17)19-11-10-14-6-8-15(18)9-7-14/h6-9,12H,4-5,10-11H2,1-3H3,(H,19,20,21). The van der Waals surface area contributed by atoms with Crippen molar-refractivity contribution < 1.29 is 0 Å². The molecular formula is C17H23ClN4. The van der Waals surface area contributed by atoms with Gasteiger partial charge in [0.2, 0.25) is 0 Å². The van der Waals surface area contributed by atoms with Crippen molar-refractivity contribution in [1.82, 2.24) is 9.97 Å². The van der Waals surface area contributed by atoms with Crippen LogP contribution in [0.25, 0.3) is 0 Å². The number of rotatable bonds is 7. The highest BCUT2D eigenvalue weighted by Crippen LogP contribution is 2.16. The van der Waals surface area contributed by atoms with Gasteiger partial charge in [-0.2, -0.15) is 0 Å².